The fourth-order valence-electron chi connectivity index (χ4n) is 3.09. The van der Waals surface area contributed by atoms with Crippen LogP contribution in [-0.2, 0) is 20.5 Å². The molecule has 3 heterocycles. The molecule has 2 aliphatic heterocycles. The minimum Gasteiger partial charge on any atom is -0.376 e. The lowest BCUT2D eigenvalue weighted by molar-refractivity contribution is -0.144. The van der Waals surface area contributed by atoms with Crippen molar-refractivity contribution >= 4 is 5.91 Å². The van der Waals surface area contributed by atoms with Crippen LogP contribution in [0.3, 0.4) is 0 Å². The molecule has 19 heavy (non-hydrogen) atoms. The summed E-state index contributed by atoms with van der Waals surface area (Å²) in [4.78, 5) is 21.8. The van der Waals surface area contributed by atoms with Gasteiger partial charge in [0.2, 0.25) is 5.91 Å². The van der Waals surface area contributed by atoms with E-state index in [4.69, 9.17) is 4.74 Å². The first-order valence-electron chi connectivity index (χ1n) is 6.83. The van der Waals surface area contributed by atoms with Gasteiger partial charge in [-0.25, -0.2) is 0 Å². The number of hydrogen-bond donors (Lipinski definition) is 1. The lowest BCUT2D eigenvalue weighted by Crippen LogP contribution is -2.67. The maximum Gasteiger partial charge on any atom is 0.233 e. The highest BCUT2D eigenvalue weighted by Gasteiger charge is 2.56. The fraction of sp³-hybridized carbons (Fsp3) is 0.643. The van der Waals surface area contributed by atoms with Gasteiger partial charge in [0.25, 0.3) is 0 Å². The molecular weight excluding hydrogens is 242 g/mol. The van der Waals surface area contributed by atoms with Crippen LogP contribution in [0.4, 0.5) is 0 Å². The van der Waals surface area contributed by atoms with Gasteiger partial charge in [-0.1, -0.05) is 13.8 Å². The quantitative estimate of drug-likeness (QED) is 0.868. The maximum absolute atomic E-state index is 12.6. The summed E-state index contributed by atoms with van der Waals surface area (Å²) >= 11 is 0. The second-order valence-electron chi connectivity index (χ2n) is 5.53. The van der Waals surface area contributed by atoms with Crippen LogP contribution in [0.25, 0.3) is 0 Å². The Bertz CT molecular complexity index is 533. The first kappa shape index (κ1) is 12.5. The number of hydrogen-bond acceptors (Lipinski definition) is 4. The summed E-state index contributed by atoms with van der Waals surface area (Å²) in [6.07, 6.45) is 3.24. The van der Waals surface area contributed by atoms with Crippen molar-refractivity contribution in [2.45, 2.75) is 44.6 Å². The highest BCUT2D eigenvalue weighted by atomic mass is 16.5. The molecule has 1 amide bonds. The number of ether oxygens (including phenoxy) is 1. The molecule has 0 radical (unpaired) electrons. The Hall–Kier alpha value is -1.49. The highest BCUT2D eigenvalue weighted by Crippen LogP contribution is 2.43. The highest BCUT2D eigenvalue weighted by molar-refractivity contribution is 5.90. The summed E-state index contributed by atoms with van der Waals surface area (Å²) in [5, 5.41) is 3.13. The molecule has 1 aromatic rings. The van der Waals surface area contributed by atoms with Crippen LogP contribution < -0.4 is 5.32 Å². The van der Waals surface area contributed by atoms with Gasteiger partial charge < -0.3 is 10.1 Å². The van der Waals surface area contributed by atoms with Gasteiger partial charge in [-0.3, -0.25) is 14.8 Å². The SMILES string of the molecule is CCC1(CC)C(=O)NC2(COC2)c2ncc(C)nc21. The van der Waals surface area contributed by atoms with Crippen molar-refractivity contribution in [3.8, 4) is 0 Å². The number of nitrogens with zero attached hydrogens (tertiary/aromatic N) is 2. The van der Waals surface area contributed by atoms with Crippen LogP contribution in [0, 0.1) is 6.92 Å². The van der Waals surface area contributed by atoms with Crippen LogP contribution in [0.15, 0.2) is 6.20 Å². The number of nitrogens with one attached hydrogen (secondary N) is 1. The zero-order chi connectivity index (χ0) is 13.7. The van der Waals surface area contributed by atoms with Crippen LogP contribution in [-0.4, -0.2) is 29.1 Å². The minimum atomic E-state index is -0.546. The van der Waals surface area contributed by atoms with Crippen molar-refractivity contribution in [2.75, 3.05) is 13.2 Å². The molecule has 1 saturated heterocycles. The number of carbonyl (C=O) groups excluding carboxylic acids is 1. The van der Waals surface area contributed by atoms with E-state index < -0.39 is 11.0 Å². The third-order valence-electron chi connectivity index (χ3n) is 4.49. The van der Waals surface area contributed by atoms with E-state index in [1.807, 2.05) is 20.8 Å². The fourth-order valence-corrected chi connectivity index (χ4v) is 3.09. The van der Waals surface area contributed by atoms with E-state index in [1.54, 1.807) is 6.20 Å². The second kappa shape index (κ2) is 4.00. The summed E-state index contributed by atoms with van der Waals surface area (Å²) in [6.45, 7) is 6.97. The summed E-state index contributed by atoms with van der Waals surface area (Å²) in [6, 6.07) is 0. The Morgan fingerprint density at radius 3 is 2.53 bits per heavy atom. The first-order chi connectivity index (χ1) is 9.08. The van der Waals surface area contributed by atoms with Gasteiger partial charge in [-0.15, -0.1) is 0 Å². The number of rotatable bonds is 2. The van der Waals surface area contributed by atoms with Gasteiger partial charge in [0.15, 0.2) is 0 Å². The molecule has 1 spiro atoms. The Labute approximate surface area is 112 Å². The maximum atomic E-state index is 12.6. The largest absolute Gasteiger partial charge is 0.376 e. The molecule has 1 fully saturated rings. The zero-order valence-corrected chi connectivity index (χ0v) is 11.6. The topological polar surface area (TPSA) is 64.1 Å². The lowest BCUT2D eigenvalue weighted by Gasteiger charge is -2.49. The van der Waals surface area contributed by atoms with Crippen molar-refractivity contribution in [2.24, 2.45) is 0 Å². The molecule has 3 rings (SSSR count). The number of aryl methyl sites for hydroxylation is 1. The standard InChI is InChI=1S/C14H19N3O2/c1-4-13(5-2)10-11(15-6-9(3)16-10)14(7-19-8-14)17-12(13)18/h6H,4-5,7-8H2,1-3H3,(H,17,18). The van der Waals surface area contributed by atoms with Crippen LogP contribution in [0.5, 0.6) is 0 Å². The van der Waals surface area contributed by atoms with E-state index >= 15 is 0 Å². The minimum absolute atomic E-state index is 0.0631. The molecule has 5 heteroatoms. The monoisotopic (exact) mass is 261 g/mol. The summed E-state index contributed by atoms with van der Waals surface area (Å²) < 4.78 is 5.30. The van der Waals surface area contributed by atoms with Gasteiger partial charge in [0, 0.05) is 6.20 Å². The Kier molecular flexibility index (Phi) is 2.64. The van der Waals surface area contributed by atoms with Crippen molar-refractivity contribution in [3.63, 3.8) is 0 Å². The molecule has 0 bridgehead atoms. The third-order valence-corrected chi connectivity index (χ3v) is 4.49. The van der Waals surface area contributed by atoms with E-state index in [-0.39, 0.29) is 5.91 Å². The molecule has 2 aliphatic rings. The zero-order valence-electron chi connectivity index (χ0n) is 11.6. The van der Waals surface area contributed by atoms with Gasteiger partial charge in [-0.2, -0.15) is 0 Å². The smallest absolute Gasteiger partial charge is 0.233 e. The molecule has 0 aliphatic carbocycles. The van der Waals surface area contributed by atoms with E-state index in [9.17, 15) is 4.79 Å². The van der Waals surface area contributed by atoms with Crippen molar-refractivity contribution in [3.05, 3.63) is 23.3 Å². The van der Waals surface area contributed by atoms with Gasteiger partial charge in [0.05, 0.1) is 35.7 Å². The number of fused-ring (bicyclic) bond motifs is 2. The number of aromatic nitrogens is 2. The summed E-state index contributed by atoms with van der Waals surface area (Å²) in [5.74, 6) is 0.0631. The summed E-state index contributed by atoms with van der Waals surface area (Å²) in [5.41, 5.74) is 1.61. The molecule has 1 N–H and O–H groups in total. The van der Waals surface area contributed by atoms with Crippen LogP contribution in [0.1, 0.15) is 43.8 Å². The molecule has 0 aromatic carbocycles. The van der Waals surface area contributed by atoms with E-state index in [0.29, 0.717) is 13.2 Å². The summed E-state index contributed by atoms with van der Waals surface area (Å²) in [7, 11) is 0. The van der Waals surface area contributed by atoms with Gasteiger partial charge in [0.1, 0.15) is 5.54 Å². The molecule has 5 nitrogen and oxygen atoms in total. The molecule has 0 saturated carbocycles. The molecular formula is C14H19N3O2. The molecule has 0 atom stereocenters. The average Bonchev–Trinajstić information content (AvgIpc) is 2.36. The number of carbonyl (C=O) groups is 1. The van der Waals surface area contributed by atoms with E-state index in [0.717, 1.165) is 29.9 Å². The Balaban J connectivity index is 2.24. The van der Waals surface area contributed by atoms with E-state index in [1.165, 1.54) is 0 Å². The second-order valence-corrected chi connectivity index (χ2v) is 5.53. The van der Waals surface area contributed by atoms with Gasteiger partial charge in [-0.05, 0) is 19.8 Å². The van der Waals surface area contributed by atoms with E-state index in [2.05, 4.69) is 15.3 Å². The van der Waals surface area contributed by atoms with Gasteiger partial charge >= 0.3 is 0 Å². The third kappa shape index (κ3) is 1.48. The molecule has 1 aromatic heterocycles. The predicted octanol–water partition coefficient (Wildman–Crippen LogP) is 1.20. The lowest BCUT2D eigenvalue weighted by atomic mass is 9.70. The number of amides is 1. The normalized spacial score (nSPS) is 22.6. The Morgan fingerprint density at radius 1 is 1.32 bits per heavy atom. The molecule has 0 unspecified atom stereocenters. The van der Waals surface area contributed by atoms with Crippen LogP contribution in [0.2, 0.25) is 0 Å². The van der Waals surface area contributed by atoms with Crippen molar-refractivity contribution in [1.82, 2.24) is 15.3 Å². The van der Waals surface area contributed by atoms with Crippen LogP contribution >= 0.6 is 0 Å². The molecule has 102 valence electrons. The first-order valence-corrected chi connectivity index (χ1v) is 6.83. The van der Waals surface area contributed by atoms with Crippen molar-refractivity contribution in [1.29, 1.82) is 0 Å². The van der Waals surface area contributed by atoms with Crippen molar-refractivity contribution < 1.29 is 9.53 Å². The average molecular weight is 261 g/mol. The Morgan fingerprint density at radius 2 is 2.00 bits per heavy atom. The predicted molar refractivity (Wildman–Crippen MR) is 69.7 cm³/mol.